The van der Waals surface area contributed by atoms with Crippen LogP contribution in [0, 0.1) is 5.92 Å². The number of benzene rings is 1. The van der Waals surface area contributed by atoms with Gasteiger partial charge in [0.2, 0.25) is 5.91 Å². The van der Waals surface area contributed by atoms with E-state index in [9.17, 15) is 4.79 Å². The van der Waals surface area contributed by atoms with Gasteiger partial charge < -0.3 is 14.5 Å². The minimum Gasteiger partial charge on any atom is -0.381 e. The summed E-state index contributed by atoms with van der Waals surface area (Å²) in [6.07, 6.45) is 5.33. The molecule has 0 bridgehead atoms. The molecule has 1 aromatic carbocycles. The van der Waals surface area contributed by atoms with Crippen molar-refractivity contribution in [2.24, 2.45) is 5.92 Å². The third kappa shape index (κ3) is 3.85. The Hall–Kier alpha value is -3.06. The molecule has 2 aliphatic rings. The first-order valence-corrected chi connectivity index (χ1v) is 11.0. The number of hydrogen-bond acceptors (Lipinski definition) is 6. The number of amides is 1. The number of fused-ring (bicyclic) bond motifs is 1. The molecule has 0 unspecified atom stereocenters. The van der Waals surface area contributed by atoms with Crippen molar-refractivity contribution < 1.29 is 9.53 Å². The van der Waals surface area contributed by atoms with E-state index in [0.29, 0.717) is 26.3 Å². The fourth-order valence-corrected chi connectivity index (χ4v) is 4.68. The molecule has 0 radical (unpaired) electrons. The van der Waals surface area contributed by atoms with Crippen molar-refractivity contribution >= 4 is 22.5 Å². The number of hydrogen-bond donors (Lipinski definition) is 0. The zero-order valence-electron chi connectivity index (χ0n) is 17.8. The minimum atomic E-state index is 0.0995. The molecule has 7 heteroatoms. The standard InChI is InChI=1S/C24H27N5O2/c1-17-16-28(24(30)19-8-13-31-14-9-19)11-12-29(17)23-21-15-25-10-7-20(21)22(26-27-23)18-5-3-2-4-6-18/h2-7,10,15,17,19H,8-9,11-14,16H2,1H3/t17-/m1/s1. The van der Waals surface area contributed by atoms with Crippen molar-refractivity contribution in [1.29, 1.82) is 0 Å². The summed E-state index contributed by atoms with van der Waals surface area (Å²) in [5.41, 5.74) is 1.90. The average Bonchev–Trinajstić information content (AvgIpc) is 2.84. The maximum absolute atomic E-state index is 13.0. The Morgan fingerprint density at radius 1 is 1.03 bits per heavy atom. The van der Waals surface area contributed by atoms with Gasteiger partial charge in [-0.3, -0.25) is 9.78 Å². The van der Waals surface area contributed by atoms with Gasteiger partial charge in [-0.1, -0.05) is 30.3 Å². The Morgan fingerprint density at radius 2 is 1.84 bits per heavy atom. The van der Waals surface area contributed by atoms with E-state index in [-0.39, 0.29) is 17.9 Å². The van der Waals surface area contributed by atoms with E-state index in [1.807, 2.05) is 47.5 Å². The SMILES string of the molecule is C[C@@H]1CN(C(=O)C2CCOCC2)CCN1c1nnc(-c2ccccc2)c2ccncc12. The Labute approximate surface area is 182 Å². The topological polar surface area (TPSA) is 71.5 Å². The van der Waals surface area contributed by atoms with Gasteiger partial charge in [0.1, 0.15) is 5.69 Å². The number of anilines is 1. The molecule has 2 aliphatic heterocycles. The molecule has 1 atom stereocenters. The second kappa shape index (κ2) is 8.59. The van der Waals surface area contributed by atoms with E-state index in [2.05, 4.69) is 27.0 Å². The first kappa shape index (κ1) is 19.9. The van der Waals surface area contributed by atoms with E-state index < -0.39 is 0 Å². The Balaban J connectivity index is 1.41. The summed E-state index contributed by atoms with van der Waals surface area (Å²) in [4.78, 5) is 21.6. The number of carbonyl (C=O) groups excluding carboxylic acids is 1. The molecule has 31 heavy (non-hydrogen) atoms. The van der Waals surface area contributed by atoms with Crippen molar-refractivity contribution in [3.8, 4) is 11.3 Å². The molecule has 5 rings (SSSR count). The molecule has 2 aromatic heterocycles. The molecule has 3 aromatic rings. The number of ether oxygens (including phenoxy) is 1. The van der Waals surface area contributed by atoms with Crippen LogP contribution in [0.15, 0.2) is 48.8 Å². The number of carbonyl (C=O) groups is 1. The lowest BCUT2D eigenvalue weighted by atomic mass is 9.97. The molecule has 0 spiro atoms. The van der Waals surface area contributed by atoms with Gasteiger partial charge in [-0.2, -0.15) is 0 Å². The van der Waals surface area contributed by atoms with Gasteiger partial charge in [0.05, 0.1) is 0 Å². The van der Waals surface area contributed by atoms with Crippen LogP contribution < -0.4 is 4.90 Å². The van der Waals surface area contributed by atoms with Gasteiger partial charge in [-0.15, -0.1) is 10.2 Å². The lowest BCUT2D eigenvalue weighted by Crippen LogP contribution is -2.55. The maximum atomic E-state index is 13.0. The zero-order chi connectivity index (χ0) is 21.2. The third-order valence-corrected chi connectivity index (χ3v) is 6.39. The van der Waals surface area contributed by atoms with Gasteiger partial charge in [0.25, 0.3) is 0 Å². The van der Waals surface area contributed by atoms with Gasteiger partial charge in [-0.05, 0) is 25.8 Å². The van der Waals surface area contributed by atoms with E-state index in [1.165, 1.54) is 0 Å². The Bertz CT molecular complexity index is 1070. The molecule has 160 valence electrons. The van der Waals surface area contributed by atoms with Crippen molar-refractivity contribution in [1.82, 2.24) is 20.1 Å². The van der Waals surface area contributed by atoms with Gasteiger partial charge in [0, 0.05) is 73.5 Å². The molecular formula is C24H27N5O2. The summed E-state index contributed by atoms with van der Waals surface area (Å²) in [7, 11) is 0. The predicted octanol–water partition coefficient (Wildman–Crippen LogP) is 3.16. The van der Waals surface area contributed by atoms with E-state index >= 15 is 0 Å². The lowest BCUT2D eigenvalue weighted by molar-refractivity contribution is -0.139. The minimum absolute atomic E-state index is 0.0995. The first-order chi connectivity index (χ1) is 15.2. The molecule has 0 N–H and O–H groups in total. The van der Waals surface area contributed by atoms with Crippen LogP contribution >= 0.6 is 0 Å². The third-order valence-electron chi connectivity index (χ3n) is 6.39. The highest BCUT2D eigenvalue weighted by atomic mass is 16.5. The highest BCUT2D eigenvalue weighted by Gasteiger charge is 2.33. The summed E-state index contributed by atoms with van der Waals surface area (Å²) >= 11 is 0. The number of rotatable bonds is 3. The van der Waals surface area contributed by atoms with Crippen LogP contribution in [-0.4, -0.2) is 64.9 Å². The fourth-order valence-electron chi connectivity index (χ4n) is 4.68. The fraction of sp³-hybridized carbons (Fsp3) is 0.417. The van der Waals surface area contributed by atoms with Crippen molar-refractivity contribution in [3.63, 3.8) is 0 Å². The smallest absolute Gasteiger partial charge is 0.225 e. The van der Waals surface area contributed by atoms with Crippen LogP contribution in [0.4, 0.5) is 5.82 Å². The summed E-state index contributed by atoms with van der Waals surface area (Å²) in [5, 5.41) is 11.3. The number of pyridine rings is 1. The highest BCUT2D eigenvalue weighted by Crippen LogP contribution is 2.32. The summed E-state index contributed by atoms with van der Waals surface area (Å²) in [6, 6.07) is 12.3. The van der Waals surface area contributed by atoms with Crippen molar-refractivity contribution in [2.45, 2.75) is 25.8 Å². The van der Waals surface area contributed by atoms with Crippen molar-refractivity contribution in [2.75, 3.05) is 37.7 Å². The highest BCUT2D eigenvalue weighted by molar-refractivity contribution is 5.99. The average molecular weight is 418 g/mol. The largest absolute Gasteiger partial charge is 0.381 e. The van der Waals surface area contributed by atoms with Gasteiger partial charge in [0.15, 0.2) is 5.82 Å². The van der Waals surface area contributed by atoms with Crippen molar-refractivity contribution in [3.05, 3.63) is 48.8 Å². The molecule has 4 heterocycles. The predicted molar refractivity (Wildman–Crippen MR) is 120 cm³/mol. The van der Waals surface area contributed by atoms with E-state index in [1.54, 1.807) is 6.20 Å². The molecule has 2 fully saturated rings. The number of aromatic nitrogens is 3. The summed E-state index contributed by atoms with van der Waals surface area (Å²) in [5.74, 6) is 1.21. The second-order valence-corrected chi connectivity index (χ2v) is 8.37. The van der Waals surface area contributed by atoms with E-state index in [0.717, 1.165) is 47.2 Å². The van der Waals surface area contributed by atoms with Crippen LogP contribution in [0.2, 0.25) is 0 Å². The van der Waals surface area contributed by atoms with Gasteiger partial charge in [-0.25, -0.2) is 0 Å². The number of nitrogens with zero attached hydrogens (tertiary/aromatic N) is 5. The zero-order valence-corrected chi connectivity index (χ0v) is 17.8. The molecular weight excluding hydrogens is 390 g/mol. The van der Waals surface area contributed by atoms with Crippen LogP contribution in [-0.2, 0) is 9.53 Å². The molecule has 1 amide bonds. The molecule has 0 saturated carbocycles. The second-order valence-electron chi connectivity index (χ2n) is 8.37. The number of piperazine rings is 1. The first-order valence-electron chi connectivity index (χ1n) is 11.0. The quantitative estimate of drug-likeness (QED) is 0.652. The van der Waals surface area contributed by atoms with E-state index in [4.69, 9.17) is 4.74 Å². The van der Waals surface area contributed by atoms with Crippen LogP contribution in [0.25, 0.3) is 22.0 Å². The normalized spacial score (nSPS) is 20.2. The summed E-state index contributed by atoms with van der Waals surface area (Å²) in [6.45, 7) is 5.66. The molecule has 0 aliphatic carbocycles. The van der Waals surface area contributed by atoms with Crippen LogP contribution in [0.3, 0.4) is 0 Å². The van der Waals surface area contributed by atoms with Crippen LogP contribution in [0.1, 0.15) is 19.8 Å². The Kier molecular flexibility index (Phi) is 5.51. The molecule has 7 nitrogen and oxygen atoms in total. The Morgan fingerprint density at radius 3 is 2.61 bits per heavy atom. The summed E-state index contributed by atoms with van der Waals surface area (Å²) < 4.78 is 5.42. The molecule has 2 saturated heterocycles. The van der Waals surface area contributed by atoms with Crippen LogP contribution in [0.5, 0.6) is 0 Å². The monoisotopic (exact) mass is 417 g/mol. The lowest BCUT2D eigenvalue weighted by Gasteiger charge is -2.42. The maximum Gasteiger partial charge on any atom is 0.225 e. The van der Waals surface area contributed by atoms with Gasteiger partial charge >= 0.3 is 0 Å².